The van der Waals surface area contributed by atoms with E-state index < -0.39 is 0 Å². The summed E-state index contributed by atoms with van der Waals surface area (Å²) in [7, 11) is 3.67. The zero-order valence-corrected chi connectivity index (χ0v) is 17.4. The van der Waals surface area contributed by atoms with Gasteiger partial charge in [0.15, 0.2) is 5.17 Å². The minimum atomic E-state index is -0.280. The molecule has 0 aliphatic heterocycles. The zero-order valence-electron chi connectivity index (χ0n) is 15.7. The molecule has 3 aromatic rings. The van der Waals surface area contributed by atoms with E-state index in [9.17, 15) is 4.39 Å². The maximum atomic E-state index is 13.4. The smallest absolute Gasteiger partial charge is 0.168 e. The lowest BCUT2D eigenvalue weighted by molar-refractivity contribution is 0.627. The van der Waals surface area contributed by atoms with Gasteiger partial charge in [-0.1, -0.05) is 43.1 Å². The topological polar surface area (TPSA) is 28.5 Å². The van der Waals surface area contributed by atoms with Gasteiger partial charge < -0.3 is 4.90 Å². The third-order valence-corrected chi connectivity index (χ3v) is 6.01. The molecule has 0 fully saturated rings. The standard InChI is InChI=1S/C22H20FN3S2/c1-15(17-6-5-7-18(23)12-17)8-9-16(2)26(4)22(24-3)28-19-10-11-20-21(13-19)27-14-25-20/h5-14H,1-2H2,3-4H3/b9-8-,24-22?. The number of likely N-dealkylation sites (N-methyl/N-ethyl adjacent to an activating group) is 1. The molecule has 0 aliphatic rings. The van der Waals surface area contributed by atoms with E-state index in [1.54, 1.807) is 36.2 Å². The molecular weight excluding hydrogens is 389 g/mol. The number of hydrogen-bond donors (Lipinski definition) is 0. The summed E-state index contributed by atoms with van der Waals surface area (Å²) in [5, 5.41) is 0.815. The number of aliphatic imine (C=N–C) groups is 1. The molecule has 6 heteroatoms. The van der Waals surface area contributed by atoms with Crippen LogP contribution in [0.2, 0.25) is 0 Å². The second-order valence-corrected chi connectivity index (χ2v) is 7.94. The summed E-state index contributed by atoms with van der Waals surface area (Å²) in [6, 6.07) is 12.5. The van der Waals surface area contributed by atoms with Crippen molar-refractivity contribution in [3.63, 3.8) is 0 Å². The molecule has 28 heavy (non-hydrogen) atoms. The minimum absolute atomic E-state index is 0.280. The Balaban J connectivity index is 1.68. The molecular formula is C22H20FN3S2. The number of nitrogens with zero attached hydrogens (tertiary/aromatic N) is 3. The first-order valence-electron chi connectivity index (χ1n) is 8.51. The number of halogens is 1. The maximum absolute atomic E-state index is 13.4. The molecule has 3 rings (SSSR count). The van der Waals surface area contributed by atoms with Crippen molar-refractivity contribution >= 4 is 44.1 Å². The molecule has 0 spiro atoms. The number of amidine groups is 1. The Hall–Kier alpha value is -2.70. The summed E-state index contributed by atoms with van der Waals surface area (Å²) in [6.07, 6.45) is 3.68. The Morgan fingerprint density at radius 1 is 1.21 bits per heavy atom. The predicted octanol–water partition coefficient (Wildman–Crippen LogP) is 6.23. The van der Waals surface area contributed by atoms with E-state index in [1.807, 2.05) is 47.8 Å². The predicted molar refractivity (Wildman–Crippen MR) is 120 cm³/mol. The van der Waals surface area contributed by atoms with Gasteiger partial charge in [-0.3, -0.25) is 4.99 Å². The van der Waals surface area contributed by atoms with Gasteiger partial charge in [0.05, 0.1) is 15.7 Å². The van der Waals surface area contributed by atoms with E-state index in [2.05, 4.69) is 29.2 Å². The number of fused-ring (bicyclic) bond motifs is 1. The minimum Gasteiger partial charge on any atom is -0.325 e. The quantitative estimate of drug-likeness (QED) is 0.216. The highest BCUT2D eigenvalue weighted by molar-refractivity contribution is 8.13. The average molecular weight is 410 g/mol. The number of thioether (sulfide) groups is 1. The van der Waals surface area contributed by atoms with Crippen LogP contribution in [0, 0.1) is 5.82 Å². The van der Waals surface area contributed by atoms with Gasteiger partial charge in [-0.15, -0.1) is 11.3 Å². The lowest BCUT2D eigenvalue weighted by Gasteiger charge is -2.20. The van der Waals surface area contributed by atoms with Crippen LogP contribution in [0.5, 0.6) is 0 Å². The molecule has 0 radical (unpaired) electrons. The fourth-order valence-electron chi connectivity index (χ4n) is 2.48. The van der Waals surface area contributed by atoms with Gasteiger partial charge in [-0.25, -0.2) is 9.37 Å². The Kier molecular flexibility index (Phi) is 6.44. The molecule has 0 atom stereocenters. The second-order valence-electron chi connectivity index (χ2n) is 6.01. The van der Waals surface area contributed by atoms with Crippen molar-refractivity contribution in [2.24, 2.45) is 4.99 Å². The van der Waals surface area contributed by atoms with Crippen molar-refractivity contribution in [2.75, 3.05) is 14.1 Å². The normalized spacial score (nSPS) is 11.9. The number of hydrogen-bond acceptors (Lipinski definition) is 4. The van der Waals surface area contributed by atoms with Crippen LogP contribution in [0.25, 0.3) is 15.8 Å². The summed E-state index contributed by atoms with van der Waals surface area (Å²) < 4.78 is 14.5. The summed E-state index contributed by atoms with van der Waals surface area (Å²) in [6.45, 7) is 8.11. The molecule has 0 unspecified atom stereocenters. The molecule has 0 amide bonds. The number of thiazole rings is 1. The molecule has 0 saturated heterocycles. The van der Waals surface area contributed by atoms with Gasteiger partial charge >= 0.3 is 0 Å². The number of allylic oxidation sites excluding steroid dienone is 3. The SMILES string of the molecule is C=C(/C=C\C(=C)N(C)C(=NC)Sc1ccc2ncsc2c1)c1cccc(F)c1. The van der Waals surface area contributed by atoms with Crippen LogP contribution in [-0.4, -0.2) is 29.1 Å². The second kappa shape index (κ2) is 8.99. The zero-order chi connectivity index (χ0) is 20.1. The number of benzene rings is 2. The summed E-state index contributed by atoms with van der Waals surface area (Å²) in [5.74, 6) is -0.280. The van der Waals surface area contributed by atoms with Gasteiger partial charge in [0.2, 0.25) is 0 Å². The molecule has 3 nitrogen and oxygen atoms in total. The van der Waals surface area contributed by atoms with E-state index in [4.69, 9.17) is 0 Å². The first-order chi connectivity index (χ1) is 13.5. The van der Waals surface area contributed by atoms with Gasteiger partial charge in [0.25, 0.3) is 0 Å². The highest BCUT2D eigenvalue weighted by Crippen LogP contribution is 2.28. The summed E-state index contributed by atoms with van der Waals surface area (Å²) in [5.41, 5.74) is 5.05. The van der Waals surface area contributed by atoms with Gasteiger partial charge in [0.1, 0.15) is 5.82 Å². The van der Waals surface area contributed by atoms with Crippen molar-refractivity contribution in [3.05, 3.63) is 90.4 Å². The lowest BCUT2D eigenvalue weighted by Crippen LogP contribution is -2.22. The fraction of sp³-hybridized carbons (Fsp3) is 0.0909. The van der Waals surface area contributed by atoms with Gasteiger partial charge in [0, 0.05) is 24.7 Å². The molecule has 0 aliphatic carbocycles. The monoisotopic (exact) mass is 409 g/mol. The molecule has 0 saturated carbocycles. The van der Waals surface area contributed by atoms with Crippen LogP contribution in [0.4, 0.5) is 4.39 Å². The first kappa shape index (κ1) is 20.0. The average Bonchev–Trinajstić information content (AvgIpc) is 3.17. The summed E-state index contributed by atoms with van der Waals surface area (Å²) in [4.78, 5) is 11.7. The highest BCUT2D eigenvalue weighted by Gasteiger charge is 2.11. The van der Waals surface area contributed by atoms with E-state index in [-0.39, 0.29) is 5.82 Å². The van der Waals surface area contributed by atoms with E-state index in [0.29, 0.717) is 5.57 Å². The van der Waals surface area contributed by atoms with E-state index >= 15 is 0 Å². The maximum Gasteiger partial charge on any atom is 0.168 e. The van der Waals surface area contributed by atoms with Crippen molar-refractivity contribution in [2.45, 2.75) is 4.90 Å². The first-order valence-corrected chi connectivity index (χ1v) is 10.2. The van der Waals surface area contributed by atoms with Crippen LogP contribution >= 0.6 is 23.1 Å². The Morgan fingerprint density at radius 3 is 2.79 bits per heavy atom. The van der Waals surface area contributed by atoms with Crippen molar-refractivity contribution in [1.29, 1.82) is 0 Å². The van der Waals surface area contributed by atoms with Crippen LogP contribution in [0.1, 0.15) is 5.56 Å². The van der Waals surface area contributed by atoms with Crippen molar-refractivity contribution in [1.82, 2.24) is 9.88 Å². The molecule has 2 aromatic carbocycles. The van der Waals surface area contributed by atoms with E-state index in [1.165, 1.54) is 12.1 Å². The largest absolute Gasteiger partial charge is 0.325 e. The third-order valence-electron chi connectivity index (χ3n) is 4.09. The fourth-order valence-corrected chi connectivity index (χ4v) is 4.14. The summed E-state index contributed by atoms with van der Waals surface area (Å²) >= 11 is 3.18. The molecule has 1 aromatic heterocycles. The molecule has 142 valence electrons. The molecule has 0 N–H and O–H groups in total. The van der Waals surface area contributed by atoms with Gasteiger partial charge in [-0.05, 0) is 47.5 Å². The Bertz CT molecular complexity index is 1080. The third kappa shape index (κ3) is 4.77. The molecule has 1 heterocycles. The Morgan fingerprint density at radius 2 is 2.04 bits per heavy atom. The van der Waals surface area contributed by atoms with Crippen molar-refractivity contribution < 1.29 is 4.39 Å². The van der Waals surface area contributed by atoms with Crippen LogP contribution < -0.4 is 0 Å². The van der Waals surface area contributed by atoms with E-state index in [0.717, 1.165) is 31.5 Å². The number of aromatic nitrogens is 1. The van der Waals surface area contributed by atoms with Crippen LogP contribution in [0.15, 0.2) is 88.9 Å². The van der Waals surface area contributed by atoms with Crippen LogP contribution in [0.3, 0.4) is 0 Å². The number of rotatable bonds is 5. The van der Waals surface area contributed by atoms with Gasteiger partial charge in [-0.2, -0.15) is 0 Å². The lowest BCUT2D eigenvalue weighted by atomic mass is 10.1. The molecule has 0 bridgehead atoms. The highest BCUT2D eigenvalue weighted by atomic mass is 32.2. The van der Waals surface area contributed by atoms with Crippen molar-refractivity contribution in [3.8, 4) is 0 Å². The van der Waals surface area contributed by atoms with Crippen LogP contribution in [-0.2, 0) is 0 Å². The Labute approximate surface area is 172 Å².